The van der Waals surface area contributed by atoms with E-state index in [1.807, 2.05) is 0 Å². The van der Waals surface area contributed by atoms with Crippen LogP contribution in [0.5, 0.6) is 11.6 Å². The second-order valence-corrected chi connectivity index (χ2v) is 4.08. The van der Waals surface area contributed by atoms with Gasteiger partial charge in [-0.3, -0.25) is 0 Å². The third-order valence-electron chi connectivity index (χ3n) is 1.96. The molecule has 2 aromatic rings. The van der Waals surface area contributed by atoms with Gasteiger partial charge in [0.05, 0.1) is 4.47 Å². The number of rotatable bonds is 2. The molecule has 0 unspecified atom stereocenters. The Hall–Kier alpha value is -1.63. The number of benzene rings is 1. The van der Waals surface area contributed by atoms with Crippen LogP contribution in [0, 0.1) is 23.4 Å². The van der Waals surface area contributed by atoms with Crippen LogP contribution in [0.3, 0.4) is 0 Å². The minimum Gasteiger partial charge on any atom is -0.436 e. The van der Waals surface area contributed by atoms with Crippen LogP contribution in [0.4, 0.5) is 17.6 Å². The van der Waals surface area contributed by atoms with Gasteiger partial charge in [-0.05, 0) is 34.1 Å². The number of hydrogen-bond donors (Lipinski definition) is 0. The van der Waals surface area contributed by atoms with Gasteiger partial charge in [0.2, 0.25) is 0 Å². The molecule has 0 aliphatic heterocycles. The van der Waals surface area contributed by atoms with Crippen molar-refractivity contribution in [3.8, 4) is 11.6 Å². The predicted octanol–water partition coefficient (Wildman–Crippen LogP) is 4.19. The minimum absolute atomic E-state index is 0.0284. The van der Waals surface area contributed by atoms with Gasteiger partial charge in [0, 0.05) is 6.07 Å². The maximum Gasteiger partial charge on any atom is 0.258 e. The average Bonchev–Trinajstić information content (AvgIpc) is 2.31. The molecule has 7 heteroatoms. The minimum atomic E-state index is -1.48. The summed E-state index contributed by atoms with van der Waals surface area (Å²) in [6.45, 7) is 0. The molecule has 2 rings (SSSR count). The molecule has 1 aromatic heterocycles. The summed E-state index contributed by atoms with van der Waals surface area (Å²) in [5.41, 5.74) is 0. The topological polar surface area (TPSA) is 22.1 Å². The lowest BCUT2D eigenvalue weighted by molar-refractivity contribution is 0.386. The summed E-state index contributed by atoms with van der Waals surface area (Å²) in [7, 11) is 0. The molecular weight excluding hydrogens is 318 g/mol. The molecule has 0 spiro atoms. The first-order valence-electron chi connectivity index (χ1n) is 4.62. The number of halogens is 5. The van der Waals surface area contributed by atoms with Gasteiger partial charge in [-0.25, -0.2) is 13.2 Å². The molecule has 2 nitrogen and oxygen atoms in total. The van der Waals surface area contributed by atoms with E-state index in [0.717, 1.165) is 6.07 Å². The highest BCUT2D eigenvalue weighted by molar-refractivity contribution is 9.10. The lowest BCUT2D eigenvalue weighted by atomic mass is 10.3. The van der Waals surface area contributed by atoms with E-state index in [9.17, 15) is 17.6 Å². The van der Waals surface area contributed by atoms with E-state index in [-0.39, 0.29) is 10.2 Å². The molecule has 1 aromatic carbocycles. The van der Waals surface area contributed by atoms with E-state index in [1.165, 1.54) is 12.1 Å². The molecule has 0 saturated carbocycles. The van der Waals surface area contributed by atoms with Crippen molar-refractivity contribution in [2.24, 2.45) is 0 Å². The van der Waals surface area contributed by atoms with Crippen LogP contribution in [0.2, 0.25) is 0 Å². The Bertz CT molecular complexity index is 606. The van der Waals surface area contributed by atoms with Crippen molar-refractivity contribution in [1.29, 1.82) is 0 Å². The van der Waals surface area contributed by atoms with Gasteiger partial charge >= 0.3 is 0 Å². The Balaban J connectivity index is 2.34. The predicted molar refractivity (Wildman–Crippen MR) is 58.3 cm³/mol. The molecule has 0 fully saturated rings. The Morgan fingerprint density at radius 3 is 2.33 bits per heavy atom. The molecule has 0 aliphatic rings. The summed E-state index contributed by atoms with van der Waals surface area (Å²) in [4.78, 5) is 2.97. The standard InChI is InChI=1S/C11H4BrF4NO/c12-6-3-5(1-2-7(6)13)18-11-9(15)4-8(14)10(16)17-11/h1-4H. The fourth-order valence-electron chi connectivity index (χ4n) is 1.15. The number of hydrogen-bond acceptors (Lipinski definition) is 2. The van der Waals surface area contributed by atoms with Crippen LogP contribution in [0.1, 0.15) is 0 Å². The average molecular weight is 322 g/mol. The zero-order chi connectivity index (χ0) is 13.3. The van der Waals surface area contributed by atoms with Gasteiger partial charge in [0.1, 0.15) is 11.6 Å². The lowest BCUT2D eigenvalue weighted by Crippen LogP contribution is -1.98. The van der Waals surface area contributed by atoms with Gasteiger partial charge in [-0.2, -0.15) is 9.37 Å². The van der Waals surface area contributed by atoms with Crippen molar-refractivity contribution in [3.05, 3.63) is 52.1 Å². The van der Waals surface area contributed by atoms with E-state index in [1.54, 1.807) is 0 Å². The Morgan fingerprint density at radius 1 is 0.944 bits per heavy atom. The molecule has 1 heterocycles. The third kappa shape index (κ3) is 2.61. The molecule has 0 radical (unpaired) electrons. The lowest BCUT2D eigenvalue weighted by Gasteiger charge is -2.06. The smallest absolute Gasteiger partial charge is 0.258 e. The van der Waals surface area contributed by atoms with Gasteiger partial charge in [-0.15, -0.1) is 0 Å². The fraction of sp³-hybridized carbons (Fsp3) is 0. The molecule has 0 saturated heterocycles. The quantitative estimate of drug-likeness (QED) is 0.611. The van der Waals surface area contributed by atoms with E-state index in [4.69, 9.17) is 4.74 Å². The molecule has 18 heavy (non-hydrogen) atoms. The number of pyridine rings is 1. The number of ether oxygens (including phenoxy) is 1. The molecule has 0 bridgehead atoms. The fourth-order valence-corrected chi connectivity index (χ4v) is 1.51. The van der Waals surface area contributed by atoms with E-state index in [2.05, 4.69) is 20.9 Å². The highest BCUT2D eigenvalue weighted by atomic mass is 79.9. The zero-order valence-corrected chi connectivity index (χ0v) is 10.1. The van der Waals surface area contributed by atoms with Crippen LogP contribution < -0.4 is 4.74 Å². The van der Waals surface area contributed by atoms with E-state index in [0.29, 0.717) is 6.07 Å². The summed E-state index contributed by atoms with van der Waals surface area (Å²) >= 11 is 2.90. The van der Waals surface area contributed by atoms with Crippen LogP contribution in [0.25, 0.3) is 0 Å². The maximum atomic E-state index is 13.2. The van der Waals surface area contributed by atoms with Crippen LogP contribution in [0.15, 0.2) is 28.7 Å². The molecule has 0 N–H and O–H groups in total. The van der Waals surface area contributed by atoms with Gasteiger partial charge in [0.25, 0.3) is 11.8 Å². The zero-order valence-electron chi connectivity index (χ0n) is 8.55. The van der Waals surface area contributed by atoms with Crippen LogP contribution in [-0.4, -0.2) is 4.98 Å². The Labute approximate surface area is 107 Å². The molecule has 0 amide bonds. The Kier molecular flexibility index (Phi) is 3.51. The van der Waals surface area contributed by atoms with Crippen LogP contribution in [-0.2, 0) is 0 Å². The SMILES string of the molecule is Fc1ccc(Oc2nc(F)c(F)cc2F)cc1Br. The third-order valence-corrected chi connectivity index (χ3v) is 2.57. The summed E-state index contributed by atoms with van der Waals surface area (Å²) in [6, 6.07) is 3.79. The second kappa shape index (κ2) is 4.93. The highest BCUT2D eigenvalue weighted by Crippen LogP contribution is 2.27. The van der Waals surface area contributed by atoms with Crippen molar-refractivity contribution in [1.82, 2.24) is 4.98 Å². The summed E-state index contributed by atoms with van der Waals surface area (Å²) < 4.78 is 56.6. The largest absolute Gasteiger partial charge is 0.436 e. The maximum absolute atomic E-state index is 13.2. The number of nitrogens with zero attached hydrogens (tertiary/aromatic N) is 1. The van der Waals surface area contributed by atoms with Crippen molar-refractivity contribution in [2.75, 3.05) is 0 Å². The number of aromatic nitrogens is 1. The van der Waals surface area contributed by atoms with Crippen LogP contribution >= 0.6 is 15.9 Å². The molecular formula is C11H4BrF4NO. The molecule has 0 atom stereocenters. The first-order chi connectivity index (χ1) is 8.47. The van der Waals surface area contributed by atoms with Crippen molar-refractivity contribution < 1.29 is 22.3 Å². The van der Waals surface area contributed by atoms with E-state index < -0.39 is 29.3 Å². The Morgan fingerprint density at radius 2 is 1.67 bits per heavy atom. The van der Waals surface area contributed by atoms with Crippen molar-refractivity contribution >= 4 is 15.9 Å². The van der Waals surface area contributed by atoms with Crippen molar-refractivity contribution in [3.63, 3.8) is 0 Å². The van der Waals surface area contributed by atoms with Gasteiger partial charge < -0.3 is 4.74 Å². The summed E-state index contributed by atoms with van der Waals surface area (Å²) in [6.07, 6.45) is 0. The first-order valence-corrected chi connectivity index (χ1v) is 5.41. The van der Waals surface area contributed by atoms with E-state index >= 15 is 0 Å². The summed E-state index contributed by atoms with van der Waals surface area (Å²) in [5.74, 6) is -5.30. The first kappa shape index (κ1) is 12.8. The van der Waals surface area contributed by atoms with Crippen molar-refractivity contribution in [2.45, 2.75) is 0 Å². The second-order valence-electron chi connectivity index (χ2n) is 3.23. The highest BCUT2D eigenvalue weighted by Gasteiger charge is 2.14. The summed E-state index contributed by atoms with van der Waals surface area (Å²) in [5, 5.41) is 0. The molecule has 94 valence electrons. The van der Waals surface area contributed by atoms with Gasteiger partial charge in [-0.1, -0.05) is 0 Å². The molecule has 0 aliphatic carbocycles. The van der Waals surface area contributed by atoms with Gasteiger partial charge in [0.15, 0.2) is 11.6 Å². The monoisotopic (exact) mass is 321 g/mol. The normalized spacial score (nSPS) is 10.5.